The fraction of sp³-hybridized carbons (Fsp3) is 0.643. The minimum atomic E-state index is -0.317. The van der Waals surface area contributed by atoms with Crippen molar-refractivity contribution >= 4 is 5.82 Å². The first kappa shape index (κ1) is 16.5. The summed E-state index contributed by atoms with van der Waals surface area (Å²) >= 11 is 0. The molecule has 0 aliphatic rings. The highest BCUT2D eigenvalue weighted by Gasteiger charge is 2.12. The number of anilines is 1. The Labute approximate surface area is 119 Å². The maximum Gasteiger partial charge on any atom is 0.253 e. The zero-order valence-electron chi connectivity index (χ0n) is 12.4. The van der Waals surface area contributed by atoms with E-state index in [-0.39, 0.29) is 17.4 Å². The lowest BCUT2D eigenvalue weighted by Crippen LogP contribution is -2.35. The summed E-state index contributed by atoms with van der Waals surface area (Å²) in [6.45, 7) is 8.96. The van der Waals surface area contributed by atoms with Gasteiger partial charge in [-0.25, -0.2) is 0 Å². The van der Waals surface area contributed by atoms with Gasteiger partial charge in [0, 0.05) is 31.3 Å². The highest BCUT2D eigenvalue weighted by Crippen LogP contribution is 2.16. The Balaban J connectivity index is 2.54. The second-order valence-electron chi connectivity index (χ2n) is 4.68. The molecule has 0 atom stereocenters. The molecule has 20 heavy (non-hydrogen) atoms. The van der Waals surface area contributed by atoms with E-state index in [1.54, 1.807) is 6.07 Å². The molecule has 1 aromatic heterocycles. The molecule has 114 valence electrons. The molecule has 1 rings (SSSR count). The summed E-state index contributed by atoms with van der Waals surface area (Å²) in [5.41, 5.74) is -0.317. The topological polar surface area (TPSA) is 74.8 Å². The third kappa shape index (κ3) is 5.63. The van der Waals surface area contributed by atoms with E-state index in [0.717, 1.165) is 6.07 Å². The fourth-order valence-electron chi connectivity index (χ4n) is 1.85. The van der Waals surface area contributed by atoms with Gasteiger partial charge in [-0.2, -0.15) is 0 Å². The Bertz CT molecular complexity index is 445. The molecular formula is C14H24N2O4. The van der Waals surface area contributed by atoms with Gasteiger partial charge in [0.2, 0.25) is 0 Å². The summed E-state index contributed by atoms with van der Waals surface area (Å²) in [6.07, 6.45) is 0. The molecule has 1 aromatic rings. The molecule has 0 amide bonds. The van der Waals surface area contributed by atoms with Gasteiger partial charge in [-0.3, -0.25) is 4.79 Å². The van der Waals surface area contributed by atoms with Crippen LogP contribution in [0.2, 0.25) is 0 Å². The van der Waals surface area contributed by atoms with Crippen LogP contribution in [0, 0.1) is 0 Å². The zero-order valence-corrected chi connectivity index (χ0v) is 12.4. The number of aromatic nitrogens is 1. The Kier molecular flexibility index (Phi) is 7.11. The van der Waals surface area contributed by atoms with Crippen LogP contribution in [0.1, 0.15) is 20.8 Å². The number of aromatic hydroxyl groups is 1. The van der Waals surface area contributed by atoms with Gasteiger partial charge < -0.3 is 24.5 Å². The largest absolute Gasteiger partial charge is 0.508 e. The van der Waals surface area contributed by atoms with E-state index in [2.05, 4.69) is 4.98 Å². The molecular weight excluding hydrogens is 260 g/mol. The van der Waals surface area contributed by atoms with E-state index in [1.165, 1.54) is 0 Å². The molecule has 0 spiro atoms. The van der Waals surface area contributed by atoms with Crippen molar-refractivity contribution in [3.8, 4) is 5.75 Å². The van der Waals surface area contributed by atoms with Crippen molar-refractivity contribution < 1.29 is 14.6 Å². The van der Waals surface area contributed by atoms with Crippen LogP contribution in [-0.2, 0) is 9.47 Å². The van der Waals surface area contributed by atoms with Crippen molar-refractivity contribution in [2.24, 2.45) is 0 Å². The van der Waals surface area contributed by atoms with Gasteiger partial charge in [-0.05, 0) is 20.8 Å². The lowest BCUT2D eigenvalue weighted by Gasteiger charge is -2.28. The number of ether oxygens (including phenoxy) is 2. The normalized spacial score (nSPS) is 11.0. The number of pyridine rings is 1. The predicted octanol–water partition coefficient (Wildman–Crippen LogP) is 1.35. The van der Waals surface area contributed by atoms with Gasteiger partial charge in [0.15, 0.2) is 0 Å². The van der Waals surface area contributed by atoms with E-state index in [0.29, 0.717) is 38.8 Å². The van der Waals surface area contributed by atoms with Crippen molar-refractivity contribution in [1.82, 2.24) is 4.98 Å². The van der Waals surface area contributed by atoms with Crippen molar-refractivity contribution in [2.75, 3.05) is 37.9 Å². The molecule has 0 bridgehead atoms. The molecule has 0 fully saturated rings. The molecule has 6 nitrogen and oxygen atoms in total. The number of hydrogen-bond acceptors (Lipinski definition) is 5. The molecule has 0 radical (unpaired) electrons. The Morgan fingerprint density at radius 1 is 1.25 bits per heavy atom. The van der Waals surface area contributed by atoms with Crippen LogP contribution in [0.5, 0.6) is 5.75 Å². The van der Waals surface area contributed by atoms with Gasteiger partial charge >= 0.3 is 0 Å². The Hall–Kier alpha value is -1.53. The van der Waals surface area contributed by atoms with Crippen LogP contribution in [0.3, 0.4) is 0 Å². The molecule has 0 saturated heterocycles. The number of nitrogens with one attached hydrogen (secondary N) is 1. The first-order valence-electron chi connectivity index (χ1n) is 6.90. The van der Waals surface area contributed by atoms with Gasteiger partial charge in [-0.15, -0.1) is 0 Å². The average molecular weight is 284 g/mol. The van der Waals surface area contributed by atoms with Crippen LogP contribution in [0.15, 0.2) is 16.9 Å². The van der Waals surface area contributed by atoms with Crippen molar-refractivity contribution in [2.45, 2.75) is 26.8 Å². The van der Waals surface area contributed by atoms with Crippen LogP contribution in [0.4, 0.5) is 5.82 Å². The number of hydrogen-bond donors (Lipinski definition) is 2. The summed E-state index contributed by atoms with van der Waals surface area (Å²) in [4.78, 5) is 16.1. The zero-order chi connectivity index (χ0) is 15.0. The third-order valence-corrected chi connectivity index (χ3v) is 2.80. The SMILES string of the molecule is CCOCCOCCN(c1cc(O)cc(=O)[nH]1)C(C)C. The van der Waals surface area contributed by atoms with Crippen molar-refractivity contribution in [3.63, 3.8) is 0 Å². The van der Waals surface area contributed by atoms with Gasteiger partial charge in [0.05, 0.1) is 19.8 Å². The van der Waals surface area contributed by atoms with E-state index >= 15 is 0 Å². The first-order chi connectivity index (χ1) is 9.54. The maximum atomic E-state index is 11.4. The number of nitrogens with zero attached hydrogens (tertiary/aromatic N) is 1. The lowest BCUT2D eigenvalue weighted by atomic mass is 10.3. The van der Waals surface area contributed by atoms with E-state index in [9.17, 15) is 9.90 Å². The minimum Gasteiger partial charge on any atom is -0.508 e. The number of aromatic amines is 1. The number of rotatable bonds is 9. The van der Waals surface area contributed by atoms with E-state index in [1.807, 2.05) is 25.7 Å². The van der Waals surface area contributed by atoms with Crippen LogP contribution >= 0.6 is 0 Å². The van der Waals surface area contributed by atoms with Crippen LogP contribution < -0.4 is 10.5 Å². The van der Waals surface area contributed by atoms with Gasteiger partial charge in [0.1, 0.15) is 11.6 Å². The van der Waals surface area contributed by atoms with E-state index in [4.69, 9.17) is 9.47 Å². The minimum absolute atomic E-state index is 0.0355. The molecule has 0 aliphatic carbocycles. The highest BCUT2D eigenvalue weighted by molar-refractivity contribution is 5.43. The predicted molar refractivity (Wildman–Crippen MR) is 78.5 cm³/mol. The molecule has 2 N–H and O–H groups in total. The second-order valence-corrected chi connectivity index (χ2v) is 4.68. The van der Waals surface area contributed by atoms with Crippen LogP contribution in [-0.4, -0.2) is 49.1 Å². The smallest absolute Gasteiger partial charge is 0.253 e. The van der Waals surface area contributed by atoms with Gasteiger partial charge in [0.25, 0.3) is 5.56 Å². The molecule has 6 heteroatoms. The summed E-state index contributed by atoms with van der Waals surface area (Å²) < 4.78 is 10.7. The maximum absolute atomic E-state index is 11.4. The summed E-state index contributed by atoms with van der Waals surface area (Å²) in [6, 6.07) is 2.88. The molecule has 0 aliphatic heterocycles. The van der Waals surface area contributed by atoms with E-state index < -0.39 is 0 Å². The lowest BCUT2D eigenvalue weighted by molar-refractivity contribution is 0.0552. The monoisotopic (exact) mass is 284 g/mol. The molecule has 1 heterocycles. The summed E-state index contributed by atoms with van der Waals surface area (Å²) in [5.74, 6) is 0.560. The van der Waals surface area contributed by atoms with Gasteiger partial charge in [-0.1, -0.05) is 0 Å². The fourth-order valence-corrected chi connectivity index (χ4v) is 1.85. The summed E-state index contributed by atoms with van der Waals surface area (Å²) in [7, 11) is 0. The van der Waals surface area contributed by atoms with Crippen molar-refractivity contribution in [1.29, 1.82) is 0 Å². The Morgan fingerprint density at radius 3 is 2.55 bits per heavy atom. The average Bonchev–Trinajstić information content (AvgIpc) is 2.36. The molecule has 0 saturated carbocycles. The standard InChI is InChI=1S/C14H24N2O4/c1-4-19-7-8-20-6-5-16(11(2)3)13-9-12(17)10-14(18)15-13/h9-11H,4-8H2,1-3H3,(H2,15,17,18). The third-order valence-electron chi connectivity index (χ3n) is 2.80. The highest BCUT2D eigenvalue weighted by atomic mass is 16.5. The second kappa shape index (κ2) is 8.60. The summed E-state index contributed by atoms with van der Waals surface area (Å²) in [5, 5.41) is 9.50. The van der Waals surface area contributed by atoms with Crippen molar-refractivity contribution in [3.05, 3.63) is 22.5 Å². The molecule has 0 unspecified atom stereocenters. The molecule has 0 aromatic carbocycles. The van der Waals surface area contributed by atoms with Crippen LogP contribution in [0.25, 0.3) is 0 Å². The first-order valence-corrected chi connectivity index (χ1v) is 6.90. The Morgan fingerprint density at radius 2 is 1.95 bits per heavy atom. The number of H-pyrrole nitrogens is 1. The quantitative estimate of drug-likeness (QED) is 0.670.